The van der Waals surface area contributed by atoms with Gasteiger partial charge < -0.3 is 15.2 Å². The van der Waals surface area contributed by atoms with Gasteiger partial charge in [0.1, 0.15) is 29.1 Å². The molecule has 0 radical (unpaired) electrons. The summed E-state index contributed by atoms with van der Waals surface area (Å²) >= 11 is 0. The van der Waals surface area contributed by atoms with Gasteiger partial charge in [-0.25, -0.2) is 0 Å². The predicted molar refractivity (Wildman–Crippen MR) is 75.1 cm³/mol. The fourth-order valence-electron chi connectivity index (χ4n) is 2.45. The van der Waals surface area contributed by atoms with E-state index < -0.39 is 22.7 Å². The largest absolute Gasteiger partial charge is 0.484 e. The van der Waals surface area contributed by atoms with Crippen molar-refractivity contribution < 1.29 is 19.6 Å². The highest BCUT2D eigenvalue weighted by molar-refractivity contribution is 5.74. The molecule has 1 aromatic carbocycles. The van der Waals surface area contributed by atoms with Gasteiger partial charge in [0.25, 0.3) is 5.69 Å². The normalized spacial score (nSPS) is 22.0. The molecule has 22 heavy (non-hydrogen) atoms. The first-order chi connectivity index (χ1) is 10.2. The number of nitrogens with one attached hydrogen (secondary N) is 1. The molecule has 1 heterocycles. The molecule has 1 aliphatic heterocycles. The van der Waals surface area contributed by atoms with Gasteiger partial charge in [-0.15, -0.1) is 0 Å². The Balaban J connectivity index is 2.65. The number of carbonyl (C=O) groups is 1. The van der Waals surface area contributed by atoms with Crippen LogP contribution in [0, 0.1) is 21.4 Å². The van der Waals surface area contributed by atoms with Crippen molar-refractivity contribution in [2.75, 3.05) is 0 Å². The van der Waals surface area contributed by atoms with Gasteiger partial charge in [0.15, 0.2) is 0 Å². The quantitative estimate of drug-likeness (QED) is 0.624. The zero-order valence-corrected chi connectivity index (χ0v) is 12.3. The maximum absolute atomic E-state index is 11.4. The van der Waals surface area contributed by atoms with Crippen molar-refractivity contribution in [2.24, 2.45) is 0 Å². The Hall–Kier alpha value is -2.66. The molecule has 0 saturated heterocycles. The second-order valence-corrected chi connectivity index (χ2v) is 5.60. The Labute approximate surface area is 126 Å². The molecule has 116 valence electrons. The fraction of sp³-hybridized carbons (Fsp3) is 0.429. The second-order valence-electron chi connectivity index (χ2n) is 5.60. The van der Waals surface area contributed by atoms with Crippen molar-refractivity contribution in [3.8, 4) is 11.8 Å². The molecule has 0 saturated carbocycles. The molecule has 1 aliphatic rings. The molecule has 0 aromatic heterocycles. The van der Waals surface area contributed by atoms with Crippen LogP contribution < -0.4 is 10.1 Å². The number of nitrogens with zero attached hydrogens (tertiary/aromatic N) is 2. The van der Waals surface area contributed by atoms with E-state index in [-0.39, 0.29) is 22.9 Å². The molecule has 1 aromatic rings. The number of carbonyl (C=O) groups excluding carboxylic acids is 1. The van der Waals surface area contributed by atoms with Crippen LogP contribution in [0.1, 0.15) is 37.9 Å². The molecule has 2 atom stereocenters. The van der Waals surface area contributed by atoms with E-state index in [2.05, 4.69) is 5.32 Å². The molecule has 0 unspecified atom stereocenters. The minimum atomic E-state index is -1.07. The lowest BCUT2D eigenvalue weighted by molar-refractivity contribution is -0.385. The van der Waals surface area contributed by atoms with E-state index in [1.54, 1.807) is 19.9 Å². The molecule has 2 N–H and O–H groups in total. The zero-order chi connectivity index (χ0) is 16.7. The van der Waals surface area contributed by atoms with Crippen LogP contribution in [0.2, 0.25) is 0 Å². The number of ether oxygens (including phenoxy) is 1. The molecule has 0 spiro atoms. The van der Waals surface area contributed by atoms with Crippen molar-refractivity contribution in [2.45, 2.75) is 38.5 Å². The molecular weight excluding hydrogens is 290 g/mol. The highest BCUT2D eigenvalue weighted by Gasteiger charge is 2.44. The van der Waals surface area contributed by atoms with Crippen LogP contribution in [-0.4, -0.2) is 27.6 Å². The van der Waals surface area contributed by atoms with E-state index in [0.717, 1.165) is 6.07 Å². The first kappa shape index (κ1) is 15.7. The third-order valence-corrected chi connectivity index (χ3v) is 3.54. The fourth-order valence-corrected chi connectivity index (χ4v) is 2.45. The minimum Gasteiger partial charge on any atom is -0.484 e. The van der Waals surface area contributed by atoms with E-state index in [1.807, 2.05) is 0 Å². The van der Waals surface area contributed by atoms with Crippen molar-refractivity contribution in [1.82, 2.24) is 5.32 Å². The van der Waals surface area contributed by atoms with Gasteiger partial charge in [-0.1, -0.05) is 0 Å². The van der Waals surface area contributed by atoms with Crippen LogP contribution in [0.4, 0.5) is 5.69 Å². The molecule has 1 amide bonds. The summed E-state index contributed by atoms with van der Waals surface area (Å²) in [6, 6.07) is 3.35. The number of rotatable bonds is 2. The Kier molecular flexibility index (Phi) is 3.77. The third-order valence-electron chi connectivity index (χ3n) is 3.54. The summed E-state index contributed by atoms with van der Waals surface area (Å²) in [7, 11) is 0. The molecule has 0 aliphatic carbocycles. The standard InChI is InChI=1S/C14H15N3O5/c1-7(18)16-12-9-4-8(6-15)10(17(20)21)5-11(9)22-14(2,3)13(12)19/h4-5,12-13,19H,1-3H3,(H,16,18)/t12-,13+/m1/s1. The Morgan fingerprint density at radius 1 is 1.55 bits per heavy atom. The van der Waals surface area contributed by atoms with Crippen molar-refractivity contribution >= 4 is 11.6 Å². The molecular formula is C14H15N3O5. The summed E-state index contributed by atoms with van der Waals surface area (Å²) in [4.78, 5) is 21.7. The number of hydrogen-bond donors (Lipinski definition) is 2. The van der Waals surface area contributed by atoms with Crippen LogP contribution in [-0.2, 0) is 4.79 Å². The first-order valence-corrected chi connectivity index (χ1v) is 6.54. The van der Waals surface area contributed by atoms with Crippen molar-refractivity contribution in [1.29, 1.82) is 5.26 Å². The number of hydrogen-bond acceptors (Lipinski definition) is 6. The van der Waals surface area contributed by atoms with Gasteiger partial charge in [-0.05, 0) is 19.9 Å². The van der Waals surface area contributed by atoms with Crippen LogP contribution in [0.3, 0.4) is 0 Å². The van der Waals surface area contributed by atoms with E-state index in [4.69, 9.17) is 10.00 Å². The van der Waals surface area contributed by atoms with Crippen LogP contribution in [0.5, 0.6) is 5.75 Å². The van der Waals surface area contributed by atoms with Gasteiger partial charge in [-0.3, -0.25) is 14.9 Å². The molecule has 2 rings (SSSR count). The van der Waals surface area contributed by atoms with Gasteiger partial charge in [0.2, 0.25) is 5.91 Å². The number of nitro benzene ring substituents is 1. The van der Waals surface area contributed by atoms with Gasteiger partial charge >= 0.3 is 0 Å². The minimum absolute atomic E-state index is 0.158. The first-order valence-electron chi connectivity index (χ1n) is 6.54. The molecule has 8 heteroatoms. The predicted octanol–water partition coefficient (Wildman–Crippen LogP) is 1.18. The summed E-state index contributed by atoms with van der Waals surface area (Å²) in [5.74, 6) is -0.204. The van der Waals surface area contributed by atoms with Gasteiger partial charge in [0, 0.05) is 12.5 Å². The van der Waals surface area contributed by atoms with E-state index in [1.165, 1.54) is 13.0 Å². The lowest BCUT2D eigenvalue weighted by atomic mass is 9.85. The van der Waals surface area contributed by atoms with Crippen molar-refractivity contribution in [3.63, 3.8) is 0 Å². The number of nitriles is 1. The topological polar surface area (TPSA) is 125 Å². The number of nitro groups is 1. The highest BCUT2D eigenvalue weighted by atomic mass is 16.6. The Morgan fingerprint density at radius 2 is 2.18 bits per heavy atom. The second kappa shape index (κ2) is 5.27. The molecule has 8 nitrogen and oxygen atoms in total. The Morgan fingerprint density at radius 3 is 2.68 bits per heavy atom. The van der Waals surface area contributed by atoms with E-state index in [0.29, 0.717) is 5.56 Å². The number of benzene rings is 1. The number of aliphatic hydroxyl groups is 1. The smallest absolute Gasteiger partial charge is 0.290 e. The summed E-state index contributed by atoms with van der Waals surface area (Å²) in [6.45, 7) is 4.52. The molecule has 0 bridgehead atoms. The van der Waals surface area contributed by atoms with Crippen LogP contribution in [0.15, 0.2) is 12.1 Å². The van der Waals surface area contributed by atoms with Crippen molar-refractivity contribution in [3.05, 3.63) is 33.4 Å². The summed E-state index contributed by atoms with van der Waals surface area (Å²) in [5, 5.41) is 33.1. The van der Waals surface area contributed by atoms with E-state index in [9.17, 15) is 20.0 Å². The Bertz CT molecular complexity index is 692. The maximum atomic E-state index is 11.4. The third kappa shape index (κ3) is 2.58. The SMILES string of the molecule is CC(=O)N[C@@H]1c2cc(C#N)c([N+](=O)[O-])cc2OC(C)(C)[C@H]1O. The van der Waals surface area contributed by atoms with Crippen LogP contribution in [0.25, 0.3) is 0 Å². The maximum Gasteiger partial charge on any atom is 0.290 e. The van der Waals surface area contributed by atoms with Crippen LogP contribution >= 0.6 is 0 Å². The van der Waals surface area contributed by atoms with E-state index >= 15 is 0 Å². The zero-order valence-electron chi connectivity index (χ0n) is 12.3. The number of fused-ring (bicyclic) bond motifs is 1. The number of amides is 1. The average molecular weight is 305 g/mol. The monoisotopic (exact) mass is 305 g/mol. The summed E-state index contributed by atoms with van der Waals surface area (Å²) < 4.78 is 5.62. The van der Waals surface area contributed by atoms with Gasteiger partial charge in [0.05, 0.1) is 17.0 Å². The summed E-state index contributed by atoms with van der Waals surface area (Å²) in [6.07, 6.45) is -1.07. The average Bonchev–Trinajstić information content (AvgIpc) is 2.42. The summed E-state index contributed by atoms with van der Waals surface area (Å²) in [5.41, 5.74) is -1.25. The lowest BCUT2D eigenvalue weighted by Gasteiger charge is -2.42. The highest BCUT2D eigenvalue weighted by Crippen LogP contribution is 2.42. The molecule has 0 fully saturated rings. The number of aliphatic hydroxyl groups excluding tert-OH is 1. The van der Waals surface area contributed by atoms with Gasteiger partial charge in [-0.2, -0.15) is 5.26 Å². The lowest BCUT2D eigenvalue weighted by Crippen LogP contribution is -2.53.